The second-order valence-corrected chi connectivity index (χ2v) is 5.39. The van der Waals surface area contributed by atoms with E-state index in [1.165, 1.54) is 17.8 Å². The summed E-state index contributed by atoms with van der Waals surface area (Å²) in [6.07, 6.45) is 1.63. The number of carbonyl (C=O) groups is 1. The number of carbonyl (C=O) groups excluding carboxylic acids is 1. The van der Waals surface area contributed by atoms with Gasteiger partial charge in [0.15, 0.2) is 0 Å². The summed E-state index contributed by atoms with van der Waals surface area (Å²) in [5.41, 5.74) is 1.23. The molecule has 0 aromatic heterocycles. The molecule has 2 rings (SSSR count). The summed E-state index contributed by atoms with van der Waals surface area (Å²) >= 11 is 1.45. The van der Waals surface area contributed by atoms with E-state index in [9.17, 15) is 9.18 Å². The Balaban J connectivity index is 2.11. The summed E-state index contributed by atoms with van der Waals surface area (Å²) in [4.78, 5) is 12.9. The maximum atomic E-state index is 13.6. The molecule has 1 amide bonds. The lowest BCUT2D eigenvalue weighted by atomic mass is 10.2. The first-order valence-corrected chi connectivity index (χ1v) is 7.55. The Morgan fingerprint density at radius 2 is 1.90 bits per heavy atom. The number of thioether (sulfide) groups is 1. The van der Waals surface area contributed by atoms with Gasteiger partial charge in [-0.2, -0.15) is 0 Å². The van der Waals surface area contributed by atoms with Crippen LogP contribution in [0.4, 0.5) is 4.39 Å². The largest absolute Gasteiger partial charge is 0.349 e. The number of amides is 1. The molecule has 0 atom stereocenters. The Morgan fingerprint density at radius 1 is 1.19 bits per heavy atom. The molecule has 0 fully saturated rings. The Bertz CT molecular complexity index is 642. The van der Waals surface area contributed by atoms with Crippen LogP contribution in [0.1, 0.15) is 15.9 Å². The van der Waals surface area contributed by atoms with Crippen molar-refractivity contribution in [1.82, 2.24) is 5.32 Å². The summed E-state index contributed by atoms with van der Waals surface area (Å²) in [6, 6.07) is 14.0. The summed E-state index contributed by atoms with van der Waals surface area (Å²) in [6.45, 7) is 3.99. The molecule has 0 heterocycles. The normalized spacial score (nSPS) is 10.1. The number of hydrogen-bond acceptors (Lipinski definition) is 2. The van der Waals surface area contributed by atoms with E-state index in [2.05, 4.69) is 11.9 Å². The lowest BCUT2D eigenvalue weighted by molar-refractivity contribution is 0.0955. The van der Waals surface area contributed by atoms with Crippen molar-refractivity contribution >= 4 is 17.7 Å². The highest BCUT2D eigenvalue weighted by Gasteiger charge is 2.11. The van der Waals surface area contributed by atoms with Crippen molar-refractivity contribution in [2.75, 3.05) is 6.54 Å². The molecule has 0 radical (unpaired) electrons. The average Bonchev–Trinajstić information content (AvgIpc) is 2.52. The first-order valence-electron chi connectivity index (χ1n) is 6.56. The molecule has 21 heavy (non-hydrogen) atoms. The van der Waals surface area contributed by atoms with Gasteiger partial charge in [0, 0.05) is 17.2 Å². The van der Waals surface area contributed by atoms with Gasteiger partial charge in [0.25, 0.3) is 5.91 Å². The van der Waals surface area contributed by atoms with Gasteiger partial charge < -0.3 is 5.32 Å². The third kappa shape index (κ3) is 4.20. The van der Waals surface area contributed by atoms with Crippen LogP contribution in [0.15, 0.2) is 66.1 Å². The Kier molecular flexibility index (Phi) is 5.58. The van der Waals surface area contributed by atoms with E-state index in [1.807, 2.05) is 24.3 Å². The van der Waals surface area contributed by atoms with E-state index in [0.717, 1.165) is 4.90 Å². The number of benzene rings is 2. The highest BCUT2D eigenvalue weighted by Crippen LogP contribution is 2.27. The minimum atomic E-state index is -0.224. The number of halogens is 1. The lowest BCUT2D eigenvalue weighted by Crippen LogP contribution is -2.23. The van der Waals surface area contributed by atoms with Crippen molar-refractivity contribution in [3.8, 4) is 0 Å². The van der Waals surface area contributed by atoms with Gasteiger partial charge in [-0.05, 0) is 23.8 Å². The van der Waals surface area contributed by atoms with E-state index >= 15 is 0 Å². The van der Waals surface area contributed by atoms with Crippen LogP contribution >= 0.6 is 11.8 Å². The zero-order valence-corrected chi connectivity index (χ0v) is 12.3. The van der Waals surface area contributed by atoms with Crippen molar-refractivity contribution in [3.05, 3.63) is 78.1 Å². The molecule has 2 nitrogen and oxygen atoms in total. The van der Waals surface area contributed by atoms with Crippen LogP contribution < -0.4 is 5.32 Å². The molecule has 0 unspecified atom stereocenters. The number of rotatable bonds is 6. The molecule has 0 saturated carbocycles. The molecule has 2 aromatic carbocycles. The summed E-state index contributed by atoms with van der Waals surface area (Å²) in [7, 11) is 0. The van der Waals surface area contributed by atoms with E-state index in [4.69, 9.17) is 0 Å². The number of nitrogens with one attached hydrogen (secondary N) is 1. The maximum absolute atomic E-state index is 13.6. The Labute approximate surface area is 128 Å². The molecule has 2 aromatic rings. The van der Waals surface area contributed by atoms with Gasteiger partial charge in [-0.3, -0.25) is 4.79 Å². The molecule has 0 saturated heterocycles. The first kappa shape index (κ1) is 15.3. The van der Waals surface area contributed by atoms with Crippen LogP contribution in [0.3, 0.4) is 0 Å². The Morgan fingerprint density at radius 3 is 2.67 bits per heavy atom. The molecule has 0 bridgehead atoms. The minimum absolute atomic E-state index is 0.147. The third-order valence-corrected chi connectivity index (χ3v) is 4.00. The van der Waals surface area contributed by atoms with E-state index in [1.54, 1.807) is 24.3 Å². The van der Waals surface area contributed by atoms with Crippen LogP contribution in [0.5, 0.6) is 0 Å². The van der Waals surface area contributed by atoms with Gasteiger partial charge in [0.05, 0.1) is 5.56 Å². The SMILES string of the molecule is C=CCNC(=O)c1ccccc1SCc1ccccc1F. The van der Waals surface area contributed by atoms with E-state index in [0.29, 0.717) is 23.4 Å². The Hall–Kier alpha value is -2.07. The minimum Gasteiger partial charge on any atom is -0.349 e. The third-order valence-electron chi connectivity index (χ3n) is 2.88. The van der Waals surface area contributed by atoms with Gasteiger partial charge in [-0.1, -0.05) is 36.4 Å². The van der Waals surface area contributed by atoms with Crippen molar-refractivity contribution < 1.29 is 9.18 Å². The molecule has 108 valence electrons. The predicted molar refractivity (Wildman–Crippen MR) is 84.9 cm³/mol. The summed E-state index contributed by atoms with van der Waals surface area (Å²) in [5.74, 6) is 0.114. The van der Waals surface area contributed by atoms with Crippen molar-refractivity contribution in [2.45, 2.75) is 10.6 Å². The highest BCUT2D eigenvalue weighted by atomic mass is 32.2. The van der Waals surface area contributed by atoms with Crippen LogP contribution in [-0.2, 0) is 5.75 Å². The average molecular weight is 301 g/mol. The number of hydrogen-bond donors (Lipinski definition) is 1. The first-order chi connectivity index (χ1) is 10.2. The molecule has 0 spiro atoms. The summed E-state index contributed by atoms with van der Waals surface area (Å²) < 4.78 is 13.6. The van der Waals surface area contributed by atoms with Crippen molar-refractivity contribution in [2.24, 2.45) is 0 Å². The van der Waals surface area contributed by atoms with Crippen molar-refractivity contribution in [1.29, 1.82) is 0 Å². The fourth-order valence-corrected chi connectivity index (χ4v) is 2.85. The van der Waals surface area contributed by atoms with Gasteiger partial charge in [0.2, 0.25) is 0 Å². The molecule has 0 aliphatic heterocycles. The van der Waals surface area contributed by atoms with Gasteiger partial charge in [-0.25, -0.2) is 4.39 Å². The smallest absolute Gasteiger partial charge is 0.252 e. The fourth-order valence-electron chi connectivity index (χ4n) is 1.81. The zero-order valence-electron chi connectivity index (χ0n) is 11.5. The second kappa shape index (κ2) is 7.64. The predicted octanol–water partition coefficient (Wildman–Crippen LogP) is 4.03. The fraction of sp³-hybridized carbons (Fsp3) is 0.118. The maximum Gasteiger partial charge on any atom is 0.252 e. The van der Waals surface area contributed by atoms with Gasteiger partial charge >= 0.3 is 0 Å². The van der Waals surface area contributed by atoms with Crippen LogP contribution in [0, 0.1) is 5.82 Å². The zero-order chi connectivity index (χ0) is 15.1. The highest BCUT2D eigenvalue weighted by molar-refractivity contribution is 7.98. The quantitative estimate of drug-likeness (QED) is 0.644. The summed E-state index contributed by atoms with van der Waals surface area (Å²) in [5, 5.41) is 2.75. The van der Waals surface area contributed by atoms with Crippen LogP contribution in [-0.4, -0.2) is 12.5 Å². The topological polar surface area (TPSA) is 29.1 Å². The second-order valence-electron chi connectivity index (χ2n) is 4.37. The van der Waals surface area contributed by atoms with E-state index in [-0.39, 0.29) is 11.7 Å². The molecule has 1 N–H and O–H groups in total. The monoisotopic (exact) mass is 301 g/mol. The van der Waals surface area contributed by atoms with Crippen LogP contribution in [0.2, 0.25) is 0 Å². The molecule has 4 heteroatoms. The standard InChI is InChI=1S/C17H16FNOS/c1-2-11-19-17(20)14-8-4-6-10-16(14)21-12-13-7-3-5-9-15(13)18/h2-10H,1,11-12H2,(H,19,20). The molecular formula is C17H16FNOS. The molecule has 0 aliphatic carbocycles. The van der Waals surface area contributed by atoms with Gasteiger partial charge in [0.1, 0.15) is 5.82 Å². The lowest BCUT2D eigenvalue weighted by Gasteiger charge is -2.09. The molecular weight excluding hydrogens is 285 g/mol. The van der Waals surface area contributed by atoms with Gasteiger partial charge in [-0.15, -0.1) is 18.3 Å². The molecule has 0 aliphatic rings. The van der Waals surface area contributed by atoms with Crippen molar-refractivity contribution in [3.63, 3.8) is 0 Å². The van der Waals surface area contributed by atoms with E-state index < -0.39 is 0 Å². The van der Waals surface area contributed by atoms with Crippen LogP contribution in [0.25, 0.3) is 0 Å².